The fourth-order valence-electron chi connectivity index (χ4n) is 1.51. The van der Waals surface area contributed by atoms with Crippen LogP contribution in [0.25, 0.3) is 0 Å². The second-order valence-corrected chi connectivity index (χ2v) is 3.70. The quantitative estimate of drug-likeness (QED) is 0.651. The van der Waals surface area contributed by atoms with Gasteiger partial charge in [0, 0.05) is 0 Å². The number of para-hydroxylation sites is 1. The molecule has 2 aromatic rings. The summed E-state index contributed by atoms with van der Waals surface area (Å²) in [7, 11) is 0. The van der Waals surface area contributed by atoms with Crippen molar-refractivity contribution in [2.75, 3.05) is 5.32 Å². The molecule has 0 fully saturated rings. The summed E-state index contributed by atoms with van der Waals surface area (Å²) in [6, 6.07) is 7.96. The second-order valence-electron chi connectivity index (χ2n) is 3.70. The van der Waals surface area contributed by atoms with Crippen molar-refractivity contribution in [2.24, 2.45) is 0 Å². The highest BCUT2D eigenvalue weighted by Crippen LogP contribution is 2.19. The average Bonchev–Trinajstić information content (AvgIpc) is 2.89. The summed E-state index contributed by atoms with van der Waals surface area (Å²) >= 11 is 0. The number of nitrogens with one attached hydrogen (secondary N) is 1. The number of aromatic carboxylic acids is 1. The largest absolute Gasteiger partial charge is 0.478 e. The topological polar surface area (TPSA) is 123 Å². The number of benzene rings is 1. The van der Waals surface area contributed by atoms with Gasteiger partial charge in [0.15, 0.2) is 5.76 Å². The molecule has 0 atom stereocenters. The van der Waals surface area contributed by atoms with E-state index in [9.17, 15) is 19.7 Å². The third-order valence-electron chi connectivity index (χ3n) is 2.40. The zero-order valence-electron chi connectivity index (χ0n) is 9.90. The lowest BCUT2D eigenvalue weighted by Gasteiger charge is -2.06. The maximum Gasteiger partial charge on any atom is 0.433 e. The Hall–Kier alpha value is -3.16. The summed E-state index contributed by atoms with van der Waals surface area (Å²) in [6.07, 6.45) is 0. The van der Waals surface area contributed by atoms with E-state index in [1.165, 1.54) is 18.2 Å². The van der Waals surface area contributed by atoms with Crippen LogP contribution in [0.5, 0.6) is 0 Å². The fraction of sp³-hybridized carbons (Fsp3) is 0. The monoisotopic (exact) mass is 276 g/mol. The van der Waals surface area contributed by atoms with Crippen LogP contribution < -0.4 is 5.32 Å². The van der Waals surface area contributed by atoms with Gasteiger partial charge >= 0.3 is 11.9 Å². The number of rotatable bonds is 4. The molecule has 8 heteroatoms. The predicted molar refractivity (Wildman–Crippen MR) is 66.7 cm³/mol. The Kier molecular flexibility index (Phi) is 3.47. The highest BCUT2D eigenvalue weighted by Gasteiger charge is 2.19. The molecule has 0 saturated carbocycles. The van der Waals surface area contributed by atoms with E-state index in [-0.39, 0.29) is 17.0 Å². The molecule has 0 unspecified atom stereocenters. The van der Waals surface area contributed by atoms with E-state index in [1.54, 1.807) is 6.07 Å². The van der Waals surface area contributed by atoms with E-state index >= 15 is 0 Å². The first-order valence-electron chi connectivity index (χ1n) is 5.37. The van der Waals surface area contributed by atoms with Crippen LogP contribution in [0.15, 0.2) is 40.8 Å². The Balaban J connectivity index is 2.23. The molecule has 0 bridgehead atoms. The molecule has 0 spiro atoms. The van der Waals surface area contributed by atoms with Gasteiger partial charge in [-0.2, -0.15) is 0 Å². The summed E-state index contributed by atoms with van der Waals surface area (Å²) in [5.74, 6) is -2.82. The average molecular weight is 276 g/mol. The molecule has 1 amide bonds. The summed E-state index contributed by atoms with van der Waals surface area (Å²) in [5.41, 5.74) is -0.0223. The van der Waals surface area contributed by atoms with Crippen molar-refractivity contribution >= 4 is 23.4 Å². The smallest absolute Gasteiger partial charge is 0.433 e. The molecule has 1 aromatic heterocycles. The Morgan fingerprint density at radius 2 is 1.90 bits per heavy atom. The molecule has 1 heterocycles. The van der Waals surface area contributed by atoms with E-state index in [1.807, 2.05) is 0 Å². The summed E-state index contributed by atoms with van der Waals surface area (Å²) in [5, 5.41) is 21.7. The molecular formula is C12H8N2O6. The molecule has 102 valence electrons. The van der Waals surface area contributed by atoms with Gasteiger partial charge in [-0.15, -0.1) is 0 Å². The van der Waals surface area contributed by atoms with Crippen molar-refractivity contribution in [3.8, 4) is 0 Å². The number of carboxylic acid groups (broad SMARTS) is 1. The zero-order valence-corrected chi connectivity index (χ0v) is 9.90. The van der Waals surface area contributed by atoms with Gasteiger partial charge in [-0.25, -0.2) is 4.79 Å². The molecule has 0 aliphatic rings. The number of hydrogen-bond donors (Lipinski definition) is 2. The number of carbonyl (C=O) groups excluding carboxylic acids is 1. The Bertz CT molecular complexity index is 691. The van der Waals surface area contributed by atoms with E-state index in [0.29, 0.717) is 0 Å². The standard InChI is InChI=1S/C12H8N2O6/c15-11(9-5-6-10(20-9)14(18)19)13-8-4-2-1-3-7(8)12(16)17/h1-6H,(H,13,15)(H,16,17). The number of furan rings is 1. The van der Waals surface area contributed by atoms with Crippen molar-refractivity contribution in [2.45, 2.75) is 0 Å². The first-order valence-corrected chi connectivity index (χ1v) is 5.37. The minimum atomic E-state index is -1.20. The maximum absolute atomic E-state index is 11.8. The molecular weight excluding hydrogens is 268 g/mol. The minimum absolute atomic E-state index is 0.0732. The van der Waals surface area contributed by atoms with Gasteiger partial charge in [-0.05, 0) is 18.2 Å². The molecule has 2 N–H and O–H groups in total. The van der Waals surface area contributed by atoms with Gasteiger partial charge in [0.2, 0.25) is 0 Å². The van der Waals surface area contributed by atoms with Crippen LogP contribution in [0.1, 0.15) is 20.9 Å². The van der Waals surface area contributed by atoms with Gasteiger partial charge in [0.05, 0.1) is 17.3 Å². The zero-order chi connectivity index (χ0) is 14.7. The van der Waals surface area contributed by atoms with Crippen LogP contribution in [0.4, 0.5) is 11.6 Å². The van der Waals surface area contributed by atoms with Gasteiger partial charge in [0.25, 0.3) is 5.91 Å². The summed E-state index contributed by atoms with van der Waals surface area (Å²) in [4.78, 5) is 32.4. The number of nitrogens with zero attached hydrogens (tertiary/aromatic N) is 1. The number of hydrogen-bond acceptors (Lipinski definition) is 5. The molecule has 0 aliphatic carbocycles. The maximum atomic E-state index is 11.8. The lowest BCUT2D eigenvalue weighted by molar-refractivity contribution is -0.402. The molecule has 8 nitrogen and oxygen atoms in total. The Labute approximate surface area is 111 Å². The number of nitro groups is 1. The lowest BCUT2D eigenvalue weighted by atomic mass is 10.2. The van der Waals surface area contributed by atoms with Crippen LogP contribution in [0.2, 0.25) is 0 Å². The second kappa shape index (κ2) is 5.22. The van der Waals surface area contributed by atoms with Crippen molar-refractivity contribution in [3.63, 3.8) is 0 Å². The molecule has 1 aromatic carbocycles. The van der Waals surface area contributed by atoms with Crippen LogP contribution in [-0.4, -0.2) is 21.9 Å². The molecule has 0 radical (unpaired) electrons. The number of amides is 1. The van der Waals surface area contributed by atoms with Crippen LogP contribution in [-0.2, 0) is 0 Å². The normalized spacial score (nSPS) is 10.0. The minimum Gasteiger partial charge on any atom is -0.478 e. The Morgan fingerprint density at radius 1 is 1.20 bits per heavy atom. The first-order chi connectivity index (χ1) is 9.49. The number of anilines is 1. The van der Waals surface area contributed by atoms with E-state index in [2.05, 4.69) is 5.32 Å². The van der Waals surface area contributed by atoms with Crippen LogP contribution in [0, 0.1) is 10.1 Å². The molecule has 20 heavy (non-hydrogen) atoms. The summed E-state index contributed by atoms with van der Waals surface area (Å²) in [6.45, 7) is 0. The fourth-order valence-corrected chi connectivity index (χ4v) is 1.51. The van der Waals surface area contributed by atoms with Gasteiger partial charge in [-0.3, -0.25) is 14.9 Å². The van der Waals surface area contributed by atoms with Crippen molar-refractivity contribution in [3.05, 3.63) is 57.8 Å². The number of carbonyl (C=O) groups is 2. The summed E-state index contributed by atoms with van der Waals surface area (Å²) < 4.78 is 4.72. The van der Waals surface area contributed by atoms with Gasteiger partial charge in [-0.1, -0.05) is 12.1 Å². The third kappa shape index (κ3) is 2.64. The van der Waals surface area contributed by atoms with Crippen molar-refractivity contribution < 1.29 is 24.0 Å². The predicted octanol–water partition coefficient (Wildman–Crippen LogP) is 2.14. The van der Waals surface area contributed by atoms with Crippen LogP contribution in [0.3, 0.4) is 0 Å². The van der Waals surface area contributed by atoms with Crippen molar-refractivity contribution in [1.82, 2.24) is 0 Å². The molecule has 2 rings (SSSR count). The SMILES string of the molecule is O=C(Nc1ccccc1C(=O)O)c1ccc([N+](=O)[O-])o1. The molecule has 0 aliphatic heterocycles. The third-order valence-corrected chi connectivity index (χ3v) is 2.40. The van der Waals surface area contributed by atoms with E-state index in [0.717, 1.165) is 12.1 Å². The van der Waals surface area contributed by atoms with Gasteiger partial charge in [0.1, 0.15) is 4.92 Å². The van der Waals surface area contributed by atoms with Crippen LogP contribution >= 0.6 is 0 Å². The van der Waals surface area contributed by atoms with E-state index < -0.39 is 22.7 Å². The first kappa shape index (κ1) is 13.3. The highest BCUT2D eigenvalue weighted by atomic mass is 16.6. The highest BCUT2D eigenvalue weighted by molar-refractivity contribution is 6.06. The van der Waals surface area contributed by atoms with E-state index in [4.69, 9.17) is 9.52 Å². The molecule has 0 saturated heterocycles. The van der Waals surface area contributed by atoms with Crippen molar-refractivity contribution in [1.29, 1.82) is 0 Å². The van der Waals surface area contributed by atoms with Gasteiger partial charge < -0.3 is 14.8 Å². The Morgan fingerprint density at radius 3 is 2.50 bits per heavy atom. The lowest BCUT2D eigenvalue weighted by Crippen LogP contribution is -2.14. The number of carboxylic acids is 1.